The van der Waals surface area contributed by atoms with Crippen molar-refractivity contribution in [1.82, 2.24) is 15.3 Å². The van der Waals surface area contributed by atoms with Crippen molar-refractivity contribution in [2.75, 3.05) is 51.8 Å². The lowest BCUT2D eigenvalue weighted by Gasteiger charge is -2.32. The molecular formula is C18H24N4O4. The Hall–Kier alpha value is -2.45. The summed E-state index contributed by atoms with van der Waals surface area (Å²) in [5.74, 6) is 0.134. The Kier molecular flexibility index (Phi) is 5.53. The van der Waals surface area contributed by atoms with E-state index < -0.39 is 0 Å². The van der Waals surface area contributed by atoms with Gasteiger partial charge >= 0.3 is 0 Å². The van der Waals surface area contributed by atoms with E-state index in [2.05, 4.69) is 10.3 Å². The minimum atomic E-state index is -0.159. The summed E-state index contributed by atoms with van der Waals surface area (Å²) in [6.07, 6.45) is 0.254. The van der Waals surface area contributed by atoms with Crippen LogP contribution in [0.4, 0.5) is 5.69 Å². The van der Waals surface area contributed by atoms with Gasteiger partial charge in [-0.2, -0.15) is 0 Å². The highest BCUT2D eigenvalue weighted by Crippen LogP contribution is 2.32. The minimum absolute atomic E-state index is 0.00323. The number of likely N-dealkylation sites (N-methyl/N-ethyl adjacent to an activating group) is 2. The molecule has 0 unspecified atom stereocenters. The summed E-state index contributed by atoms with van der Waals surface area (Å²) >= 11 is 0. The van der Waals surface area contributed by atoms with Gasteiger partial charge in [0, 0.05) is 51.6 Å². The number of carbonyl (C=O) groups excluding carboxylic acids is 3. The molecule has 1 aromatic carbocycles. The number of Topliss-reactive ketones (excluding diaryl/α,β-unsaturated/α-hetero) is 1. The quantitative estimate of drug-likeness (QED) is 0.760. The molecule has 1 fully saturated rings. The standard InChI is InChI=1S/C18H24N4O4/c1-20-7-9-22(10-8-20)19-17(24)6-4-15(23)13-3-5-16-14(11-13)21(2)18(25)12-26-16/h3,5,11H,4,6-10,12H2,1-2H3,(H,19,24). The summed E-state index contributed by atoms with van der Waals surface area (Å²) in [4.78, 5) is 39.9. The van der Waals surface area contributed by atoms with Gasteiger partial charge in [-0.05, 0) is 25.2 Å². The van der Waals surface area contributed by atoms with Gasteiger partial charge in [-0.3, -0.25) is 19.8 Å². The van der Waals surface area contributed by atoms with Crippen LogP contribution >= 0.6 is 0 Å². The first kappa shape index (κ1) is 18.3. The van der Waals surface area contributed by atoms with Crippen molar-refractivity contribution in [1.29, 1.82) is 0 Å². The predicted molar refractivity (Wildman–Crippen MR) is 96.1 cm³/mol. The van der Waals surface area contributed by atoms with Crippen LogP contribution in [0.3, 0.4) is 0 Å². The fourth-order valence-corrected chi connectivity index (χ4v) is 2.97. The van der Waals surface area contributed by atoms with Crippen LogP contribution in [0, 0.1) is 0 Å². The SMILES string of the molecule is CN1CCN(NC(=O)CCC(=O)c2ccc3c(c2)N(C)C(=O)CO3)CC1. The smallest absolute Gasteiger partial charge is 0.264 e. The Bertz CT molecular complexity index is 713. The molecule has 8 heteroatoms. The number of nitrogens with one attached hydrogen (secondary N) is 1. The number of hydrazine groups is 1. The van der Waals surface area contributed by atoms with Crippen molar-refractivity contribution < 1.29 is 19.1 Å². The normalized spacial score (nSPS) is 18.2. The molecule has 26 heavy (non-hydrogen) atoms. The first-order chi connectivity index (χ1) is 12.4. The highest BCUT2D eigenvalue weighted by Gasteiger charge is 2.23. The van der Waals surface area contributed by atoms with Crippen molar-refractivity contribution in [3.05, 3.63) is 23.8 Å². The van der Waals surface area contributed by atoms with Gasteiger partial charge in [-0.1, -0.05) is 0 Å². The lowest BCUT2D eigenvalue weighted by molar-refractivity contribution is -0.126. The second-order valence-electron chi connectivity index (χ2n) is 6.67. The van der Waals surface area contributed by atoms with Crippen molar-refractivity contribution in [2.24, 2.45) is 0 Å². The summed E-state index contributed by atoms with van der Waals surface area (Å²) in [5, 5.41) is 1.89. The lowest BCUT2D eigenvalue weighted by Crippen LogP contribution is -2.52. The van der Waals surface area contributed by atoms with Crippen LogP contribution in [0.2, 0.25) is 0 Å². The number of benzene rings is 1. The molecule has 2 aliphatic heterocycles. The van der Waals surface area contributed by atoms with Crippen LogP contribution in [0.1, 0.15) is 23.2 Å². The largest absolute Gasteiger partial charge is 0.482 e. The maximum atomic E-state index is 12.4. The van der Waals surface area contributed by atoms with E-state index in [9.17, 15) is 14.4 Å². The summed E-state index contributed by atoms with van der Waals surface area (Å²) < 4.78 is 5.36. The van der Waals surface area contributed by atoms with E-state index in [1.807, 2.05) is 12.1 Å². The van der Waals surface area contributed by atoms with Crippen LogP contribution in [0.5, 0.6) is 5.75 Å². The van der Waals surface area contributed by atoms with Gasteiger partial charge < -0.3 is 14.5 Å². The molecule has 1 aromatic rings. The summed E-state index contributed by atoms with van der Waals surface area (Å²) in [7, 11) is 3.70. The van der Waals surface area contributed by atoms with E-state index in [0.717, 1.165) is 26.2 Å². The molecule has 2 heterocycles. The monoisotopic (exact) mass is 360 g/mol. The molecule has 8 nitrogen and oxygen atoms in total. The molecule has 0 spiro atoms. The number of fused-ring (bicyclic) bond motifs is 1. The van der Waals surface area contributed by atoms with E-state index in [1.165, 1.54) is 4.90 Å². The number of hydrogen-bond acceptors (Lipinski definition) is 6. The molecule has 2 amide bonds. The van der Waals surface area contributed by atoms with Gasteiger partial charge in [0.15, 0.2) is 12.4 Å². The Morgan fingerprint density at radius 2 is 1.85 bits per heavy atom. The molecule has 0 bridgehead atoms. The first-order valence-electron chi connectivity index (χ1n) is 8.73. The zero-order valence-electron chi connectivity index (χ0n) is 15.2. The Balaban J connectivity index is 1.53. The van der Waals surface area contributed by atoms with E-state index in [1.54, 1.807) is 25.2 Å². The summed E-state index contributed by atoms with van der Waals surface area (Å²) in [5.41, 5.74) is 3.90. The van der Waals surface area contributed by atoms with Crippen LogP contribution in [-0.4, -0.2) is 74.4 Å². The minimum Gasteiger partial charge on any atom is -0.482 e. The third kappa shape index (κ3) is 4.20. The fraction of sp³-hybridized carbons (Fsp3) is 0.500. The Morgan fingerprint density at radius 1 is 1.12 bits per heavy atom. The molecule has 0 aliphatic carbocycles. The zero-order valence-corrected chi connectivity index (χ0v) is 15.2. The number of nitrogens with zero attached hydrogens (tertiary/aromatic N) is 3. The van der Waals surface area contributed by atoms with E-state index in [-0.39, 0.29) is 37.0 Å². The average Bonchev–Trinajstić information content (AvgIpc) is 2.64. The Morgan fingerprint density at radius 3 is 2.58 bits per heavy atom. The molecule has 3 rings (SSSR count). The van der Waals surface area contributed by atoms with Crippen molar-refractivity contribution in [2.45, 2.75) is 12.8 Å². The molecule has 0 aromatic heterocycles. The number of anilines is 1. The number of piperazine rings is 1. The molecule has 2 aliphatic rings. The number of carbonyl (C=O) groups is 3. The summed E-state index contributed by atoms with van der Waals surface area (Å²) in [6.45, 7) is 3.37. The van der Waals surface area contributed by atoms with Crippen LogP contribution in [0.15, 0.2) is 18.2 Å². The van der Waals surface area contributed by atoms with Gasteiger partial charge in [0.05, 0.1) is 5.69 Å². The van der Waals surface area contributed by atoms with Crippen LogP contribution < -0.4 is 15.1 Å². The molecule has 1 saturated heterocycles. The molecule has 1 N–H and O–H groups in total. The van der Waals surface area contributed by atoms with Crippen LogP contribution in [-0.2, 0) is 9.59 Å². The molecule has 0 saturated carbocycles. The maximum absolute atomic E-state index is 12.4. The molecule has 140 valence electrons. The van der Waals surface area contributed by atoms with Crippen LogP contribution in [0.25, 0.3) is 0 Å². The highest BCUT2D eigenvalue weighted by molar-refractivity contribution is 6.02. The van der Waals surface area contributed by atoms with Gasteiger partial charge in [0.2, 0.25) is 5.91 Å². The Labute approximate surface area is 152 Å². The third-order valence-corrected chi connectivity index (χ3v) is 4.73. The average molecular weight is 360 g/mol. The maximum Gasteiger partial charge on any atom is 0.264 e. The number of amides is 2. The predicted octanol–water partition coefficient (Wildman–Crippen LogP) is 0.283. The molecule has 0 radical (unpaired) electrons. The lowest BCUT2D eigenvalue weighted by atomic mass is 10.0. The number of rotatable bonds is 5. The second kappa shape index (κ2) is 7.84. The van der Waals surface area contributed by atoms with E-state index in [0.29, 0.717) is 17.0 Å². The third-order valence-electron chi connectivity index (χ3n) is 4.73. The summed E-state index contributed by atoms with van der Waals surface area (Å²) in [6, 6.07) is 5.01. The zero-order chi connectivity index (χ0) is 18.7. The van der Waals surface area contributed by atoms with E-state index >= 15 is 0 Å². The second-order valence-corrected chi connectivity index (χ2v) is 6.67. The topological polar surface area (TPSA) is 82.2 Å². The van der Waals surface area contributed by atoms with E-state index in [4.69, 9.17) is 4.74 Å². The molecule has 0 atom stereocenters. The first-order valence-corrected chi connectivity index (χ1v) is 8.73. The van der Waals surface area contributed by atoms with Crippen molar-refractivity contribution >= 4 is 23.3 Å². The van der Waals surface area contributed by atoms with Gasteiger partial charge in [0.25, 0.3) is 5.91 Å². The fourth-order valence-electron chi connectivity index (χ4n) is 2.97. The highest BCUT2D eigenvalue weighted by atomic mass is 16.5. The molecular weight excluding hydrogens is 336 g/mol. The van der Waals surface area contributed by atoms with Gasteiger partial charge in [-0.25, -0.2) is 5.01 Å². The number of hydrogen-bond donors (Lipinski definition) is 1. The number of ketones is 1. The van der Waals surface area contributed by atoms with Crippen molar-refractivity contribution in [3.63, 3.8) is 0 Å². The number of ether oxygens (including phenoxy) is 1. The van der Waals surface area contributed by atoms with Gasteiger partial charge in [-0.15, -0.1) is 0 Å². The van der Waals surface area contributed by atoms with Gasteiger partial charge in [0.1, 0.15) is 5.75 Å². The van der Waals surface area contributed by atoms with Crippen molar-refractivity contribution in [3.8, 4) is 5.75 Å².